The highest BCUT2D eigenvalue weighted by Crippen LogP contribution is 2.19. The molecule has 7 heteroatoms. The molecule has 3 heterocycles. The smallest absolute Gasteiger partial charge is 0.245 e. The van der Waals surface area contributed by atoms with Crippen molar-refractivity contribution in [2.24, 2.45) is 0 Å². The second-order valence-corrected chi connectivity index (χ2v) is 5.04. The average Bonchev–Trinajstić information content (AvgIpc) is 2.98. The molecule has 3 rings (SSSR count). The number of aromatic amines is 1. The monoisotopic (exact) mass is 250 g/mol. The Hall–Kier alpha value is -1.47. The molecule has 0 aromatic carbocycles. The number of nitrogens with zero attached hydrogens (tertiary/aromatic N) is 4. The van der Waals surface area contributed by atoms with Gasteiger partial charge in [-0.05, 0) is 6.92 Å². The Bertz CT molecular complexity index is 498. The van der Waals surface area contributed by atoms with Crippen LogP contribution in [0.2, 0.25) is 0 Å². The van der Waals surface area contributed by atoms with Crippen molar-refractivity contribution in [1.29, 1.82) is 0 Å². The minimum absolute atomic E-state index is 0.753. The SMILES string of the molecule is Cc1nc(-c2nc(N3CCNCC3)n[nH]2)cs1. The number of aromatic nitrogens is 4. The highest BCUT2D eigenvalue weighted by atomic mass is 32.1. The van der Waals surface area contributed by atoms with Crippen LogP contribution in [0.3, 0.4) is 0 Å². The number of aryl methyl sites for hydroxylation is 1. The molecule has 2 N–H and O–H groups in total. The molecule has 0 radical (unpaired) electrons. The van der Waals surface area contributed by atoms with Crippen LogP contribution in [-0.4, -0.2) is 46.3 Å². The molecule has 17 heavy (non-hydrogen) atoms. The van der Waals surface area contributed by atoms with Gasteiger partial charge in [-0.25, -0.2) is 4.98 Å². The van der Waals surface area contributed by atoms with E-state index < -0.39 is 0 Å². The summed E-state index contributed by atoms with van der Waals surface area (Å²) in [4.78, 5) is 11.1. The standard InChI is InChI=1S/C10H14N6S/c1-7-12-8(6-17-7)9-13-10(15-14-9)16-4-2-11-3-5-16/h6,11H,2-5H2,1H3,(H,13,14,15). The molecule has 0 amide bonds. The summed E-state index contributed by atoms with van der Waals surface area (Å²) in [6.07, 6.45) is 0. The van der Waals surface area contributed by atoms with Gasteiger partial charge in [-0.1, -0.05) is 0 Å². The predicted molar refractivity (Wildman–Crippen MR) is 67.3 cm³/mol. The van der Waals surface area contributed by atoms with Crippen LogP contribution in [0.25, 0.3) is 11.5 Å². The Morgan fingerprint density at radius 2 is 2.12 bits per heavy atom. The van der Waals surface area contributed by atoms with Crippen molar-refractivity contribution < 1.29 is 0 Å². The number of rotatable bonds is 2. The van der Waals surface area contributed by atoms with E-state index in [4.69, 9.17) is 0 Å². The maximum Gasteiger partial charge on any atom is 0.245 e. The molecule has 0 spiro atoms. The molecule has 90 valence electrons. The third-order valence-electron chi connectivity index (χ3n) is 2.74. The molecular weight excluding hydrogens is 236 g/mol. The first-order valence-corrected chi connectivity index (χ1v) is 6.51. The molecule has 0 aliphatic carbocycles. The number of piperazine rings is 1. The number of nitrogens with one attached hydrogen (secondary N) is 2. The Balaban J connectivity index is 1.82. The van der Waals surface area contributed by atoms with Crippen LogP contribution < -0.4 is 10.2 Å². The largest absolute Gasteiger partial charge is 0.337 e. The molecule has 2 aromatic rings. The minimum atomic E-state index is 0.753. The molecule has 1 aliphatic rings. The predicted octanol–water partition coefficient (Wildman–Crippen LogP) is 0.646. The molecule has 1 fully saturated rings. The molecule has 2 aromatic heterocycles. The molecule has 6 nitrogen and oxygen atoms in total. The van der Waals surface area contributed by atoms with Crippen molar-refractivity contribution >= 4 is 17.3 Å². The topological polar surface area (TPSA) is 69.7 Å². The summed E-state index contributed by atoms with van der Waals surface area (Å²) in [5, 5.41) is 13.6. The fourth-order valence-corrected chi connectivity index (χ4v) is 2.44. The molecule has 0 unspecified atom stereocenters. The van der Waals surface area contributed by atoms with Gasteiger partial charge in [0.05, 0.1) is 5.01 Å². The number of H-pyrrole nitrogens is 1. The zero-order chi connectivity index (χ0) is 11.7. The van der Waals surface area contributed by atoms with Crippen molar-refractivity contribution in [2.75, 3.05) is 31.1 Å². The van der Waals surface area contributed by atoms with E-state index >= 15 is 0 Å². The van der Waals surface area contributed by atoms with Gasteiger partial charge in [-0.3, -0.25) is 5.10 Å². The van der Waals surface area contributed by atoms with Gasteiger partial charge in [-0.2, -0.15) is 4.98 Å². The normalized spacial score (nSPS) is 16.4. The summed E-state index contributed by atoms with van der Waals surface area (Å²) in [5.74, 6) is 1.52. The van der Waals surface area contributed by atoms with E-state index in [9.17, 15) is 0 Å². The number of thiazole rings is 1. The zero-order valence-electron chi connectivity index (χ0n) is 9.60. The fraction of sp³-hybridized carbons (Fsp3) is 0.500. The van der Waals surface area contributed by atoms with Crippen LogP contribution in [0, 0.1) is 6.92 Å². The minimum Gasteiger partial charge on any atom is -0.337 e. The zero-order valence-corrected chi connectivity index (χ0v) is 10.4. The van der Waals surface area contributed by atoms with Crippen molar-refractivity contribution in [2.45, 2.75) is 6.92 Å². The highest BCUT2D eigenvalue weighted by Gasteiger charge is 2.16. The Morgan fingerprint density at radius 1 is 1.29 bits per heavy atom. The maximum absolute atomic E-state index is 4.49. The van der Waals surface area contributed by atoms with Crippen LogP contribution in [-0.2, 0) is 0 Å². The molecule has 0 saturated carbocycles. The molecule has 1 aliphatic heterocycles. The Morgan fingerprint density at radius 3 is 2.82 bits per heavy atom. The maximum atomic E-state index is 4.49. The second kappa shape index (κ2) is 4.42. The molecule has 0 atom stereocenters. The van der Waals surface area contributed by atoms with Gasteiger partial charge in [0.15, 0.2) is 5.82 Å². The first-order valence-electron chi connectivity index (χ1n) is 5.63. The fourth-order valence-electron chi connectivity index (χ4n) is 1.85. The summed E-state index contributed by atoms with van der Waals surface area (Å²) in [5.41, 5.74) is 0.876. The quantitative estimate of drug-likeness (QED) is 0.819. The van der Waals surface area contributed by atoms with Gasteiger partial charge in [-0.15, -0.1) is 16.4 Å². The lowest BCUT2D eigenvalue weighted by molar-refractivity contribution is 0.580. The first kappa shape index (κ1) is 10.7. The lowest BCUT2D eigenvalue weighted by Gasteiger charge is -2.25. The van der Waals surface area contributed by atoms with E-state index in [1.165, 1.54) is 0 Å². The van der Waals surface area contributed by atoms with Crippen molar-refractivity contribution in [3.8, 4) is 11.5 Å². The van der Waals surface area contributed by atoms with Crippen molar-refractivity contribution in [1.82, 2.24) is 25.5 Å². The summed E-state index contributed by atoms with van der Waals surface area (Å²) >= 11 is 1.62. The van der Waals surface area contributed by atoms with Gasteiger partial charge in [0, 0.05) is 31.6 Å². The van der Waals surface area contributed by atoms with Crippen molar-refractivity contribution in [3.05, 3.63) is 10.4 Å². The van der Waals surface area contributed by atoms with E-state index in [0.717, 1.165) is 48.7 Å². The van der Waals surface area contributed by atoms with E-state index in [2.05, 4.69) is 30.4 Å². The highest BCUT2D eigenvalue weighted by molar-refractivity contribution is 7.09. The van der Waals surface area contributed by atoms with Gasteiger partial charge in [0.25, 0.3) is 0 Å². The van der Waals surface area contributed by atoms with E-state index in [-0.39, 0.29) is 0 Å². The van der Waals surface area contributed by atoms with Gasteiger partial charge >= 0.3 is 0 Å². The first-order chi connectivity index (χ1) is 8.33. The van der Waals surface area contributed by atoms with E-state index in [1.54, 1.807) is 11.3 Å². The van der Waals surface area contributed by atoms with Crippen LogP contribution in [0.1, 0.15) is 5.01 Å². The van der Waals surface area contributed by atoms with Gasteiger partial charge in [0.1, 0.15) is 5.69 Å². The Labute approximate surface area is 103 Å². The molecular formula is C10H14N6S. The number of anilines is 1. The lowest BCUT2D eigenvalue weighted by Crippen LogP contribution is -2.44. The summed E-state index contributed by atoms with van der Waals surface area (Å²) in [6.45, 7) is 5.86. The average molecular weight is 250 g/mol. The Kier molecular flexibility index (Phi) is 2.77. The number of hydrogen-bond donors (Lipinski definition) is 2. The van der Waals surface area contributed by atoms with Gasteiger partial charge < -0.3 is 10.2 Å². The summed E-state index contributed by atoms with van der Waals surface area (Å²) < 4.78 is 0. The van der Waals surface area contributed by atoms with Gasteiger partial charge in [0.2, 0.25) is 5.95 Å². The third-order valence-corrected chi connectivity index (χ3v) is 3.51. The lowest BCUT2D eigenvalue weighted by atomic mass is 10.4. The third kappa shape index (κ3) is 2.16. The molecule has 0 bridgehead atoms. The van der Waals surface area contributed by atoms with Crippen molar-refractivity contribution in [3.63, 3.8) is 0 Å². The summed E-state index contributed by atoms with van der Waals surface area (Å²) in [6, 6.07) is 0. The molecule has 1 saturated heterocycles. The van der Waals surface area contributed by atoms with E-state index in [1.807, 2.05) is 12.3 Å². The van der Waals surface area contributed by atoms with Crippen LogP contribution in [0.5, 0.6) is 0 Å². The van der Waals surface area contributed by atoms with Crippen LogP contribution >= 0.6 is 11.3 Å². The van der Waals surface area contributed by atoms with Crippen LogP contribution in [0.4, 0.5) is 5.95 Å². The van der Waals surface area contributed by atoms with Crippen LogP contribution in [0.15, 0.2) is 5.38 Å². The van der Waals surface area contributed by atoms with E-state index in [0.29, 0.717) is 0 Å². The second-order valence-electron chi connectivity index (χ2n) is 3.97. The number of hydrogen-bond acceptors (Lipinski definition) is 6. The summed E-state index contributed by atoms with van der Waals surface area (Å²) in [7, 11) is 0.